The maximum Gasteiger partial charge on any atom is 0.167 e. The van der Waals surface area contributed by atoms with Gasteiger partial charge in [0.15, 0.2) is 23.1 Å². The molecule has 0 radical (unpaired) electrons. The number of anilines is 1. The third-order valence-electron chi connectivity index (χ3n) is 7.53. The van der Waals surface area contributed by atoms with Gasteiger partial charge in [0.05, 0.1) is 19.2 Å². The van der Waals surface area contributed by atoms with Gasteiger partial charge in [-0.1, -0.05) is 30.7 Å². The minimum Gasteiger partial charge on any atom is -0.493 e. The van der Waals surface area contributed by atoms with Crippen molar-refractivity contribution in [1.82, 2.24) is 9.88 Å². The number of para-hydroxylation sites is 1. The number of hydrogen-bond donors (Lipinski definition) is 1. The Morgan fingerprint density at radius 1 is 0.800 bits per heavy atom. The van der Waals surface area contributed by atoms with Gasteiger partial charge >= 0.3 is 0 Å². The van der Waals surface area contributed by atoms with Gasteiger partial charge in [-0.05, 0) is 98.9 Å². The van der Waals surface area contributed by atoms with E-state index >= 15 is 4.39 Å². The number of nitrogens with zero attached hydrogens (tertiary/aromatic N) is 2. The van der Waals surface area contributed by atoms with Gasteiger partial charge in [-0.15, -0.1) is 0 Å². The molecule has 1 fully saturated rings. The predicted octanol–water partition coefficient (Wildman–Crippen LogP) is 9.34. The lowest BCUT2D eigenvalue weighted by Crippen LogP contribution is -2.31. The first kappa shape index (κ1) is 30.6. The first-order chi connectivity index (χ1) is 22.1. The molecule has 6 rings (SSSR count). The maximum atomic E-state index is 15.2. The average molecular weight is 626 g/mol. The van der Waals surface area contributed by atoms with Crippen molar-refractivity contribution in [3.8, 4) is 34.5 Å². The highest BCUT2D eigenvalue weighted by molar-refractivity contribution is 8.00. The summed E-state index contributed by atoms with van der Waals surface area (Å²) < 4.78 is 42.1. The number of likely N-dealkylation sites (tertiary alicyclic amines) is 1. The minimum atomic E-state index is -0.493. The highest BCUT2D eigenvalue weighted by atomic mass is 32.2. The van der Waals surface area contributed by atoms with E-state index in [0.717, 1.165) is 29.4 Å². The number of ether oxygens (including phenoxy) is 4. The summed E-state index contributed by atoms with van der Waals surface area (Å²) in [4.78, 5) is 7.92. The second-order valence-electron chi connectivity index (χ2n) is 10.8. The molecule has 1 N–H and O–H groups in total. The van der Waals surface area contributed by atoms with E-state index in [0.29, 0.717) is 40.4 Å². The maximum absolute atomic E-state index is 15.2. The number of halogens is 1. The van der Waals surface area contributed by atoms with Gasteiger partial charge in [-0.3, -0.25) is 4.98 Å². The molecule has 9 heteroatoms. The molecule has 0 aliphatic carbocycles. The third kappa shape index (κ3) is 8.17. The molecule has 4 aromatic carbocycles. The number of methoxy groups -OCH3 is 1. The van der Waals surface area contributed by atoms with Crippen molar-refractivity contribution in [1.29, 1.82) is 0 Å². The fraction of sp³-hybridized carbons (Fsp3) is 0.250. The SMILES string of the molecule is COc1cc2c(Oc3ccc(NSc4cccc(Oc5ccccc5)c4)cc3F)ccnc2cc1OCCCN1CCCCC1. The van der Waals surface area contributed by atoms with Crippen molar-refractivity contribution in [2.75, 3.05) is 38.1 Å². The number of rotatable bonds is 13. The van der Waals surface area contributed by atoms with Crippen LogP contribution in [0.2, 0.25) is 0 Å². The summed E-state index contributed by atoms with van der Waals surface area (Å²) in [6, 6.07) is 27.5. The number of aromatic nitrogens is 1. The number of benzene rings is 4. The molecule has 7 nitrogen and oxygen atoms in total. The Hall–Kier alpha value is -4.47. The summed E-state index contributed by atoms with van der Waals surface area (Å²) >= 11 is 1.36. The molecule has 232 valence electrons. The fourth-order valence-electron chi connectivity index (χ4n) is 5.25. The van der Waals surface area contributed by atoms with Crippen LogP contribution in [0.4, 0.5) is 10.1 Å². The largest absolute Gasteiger partial charge is 0.493 e. The molecule has 1 saturated heterocycles. The molecule has 1 aromatic heterocycles. The number of nitrogens with one attached hydrogen (secondary N) is 1. The normalized spacial score (nSPS) is 13.4. The Balaban J connectivity index is 1.09. The van der Waals surface area contributed by atoms with Gasteiger partial charge in [0.1, 0.15) is 17.2 Å². The van der Waals surface area contributed by atoms with Gasteiger partial charge in [-0.25, -0.2) is 4.39 Å². The molecule has 1 aliphatic rings. The smallest absolute Gasteiger partial charge is 0.167 e. The Kier molecular flexibility index (Phi) is 10.2. The first-order valence-electron chi connectivity index (χ1n) is 15.2. The van der Waals surface area contributed by atoms with Crippen LogP contribution < -0.4 is 23.7 Å². The summed E-state index contributed by atoms with van der Waals surface area (Å²) in [6.07, 6.45) is 6.47. The molecule has 0 bridgehead atoms. The summed E-state index contributed by atoms with van der Waals surface area (Å²) in [6.45, 7) is 3.96. The first-order valence-corrected chi connectivity index (χ1v) is 16.0. The highest BCUT2D eigenvalue weighted by Gasteiger charge is 2.15. The van der Waals surface area contributed by atoms with E-state index in [1.54, 1.807) is 31.5 Å². The van der Waals surface area contributed by atoms with E-state index < -0.39 is 5.82 Å². The monoisotopic (exact) mass is 625 g/mol. The molecular weight excluding hydrogens is 589 g/mol. The van der Waals surface area contributed by atoms with Gasteiger partial charge in [0.25, 0.3) is 0 Å². The van der Waals surface area contributed by atoms with Crippen LogP contribution in [0.5, 0.6) is 34.5 Å². The Morgan fingerprint density at radius 2 is 1.64 bits per heavy atom. The summed E-state index contributed by atoms with van der Waals surface area (Å²) in [5, 5.41) is 0.699. The Morgan fingerprint density at radius 3 is 2.47 bits per heavy atom. The van der Waals surface area contributed by atoms with Crippen LogP contribution in [-0.2, 0) is 0 Å². The van der Waals surface area contributed by atoms with Crippen LogP contribution in [0.1, 0.15) is 25.7 Å². The highest BCUT2D eigenvalue weighted by Crippen LogP contribution is 2.38. The number of fused-ring (bicyclic) bond motifs is 1. The molecule has 0 unspecified atom stereocenters. The number of piperidine rings is 1. The predicted molar refractivity (Wildman–Crippen MR) is 178 cm³/mol. The number of hydrogen-bond acceptors (Lipinski definition) is 8. The van der Waals surface area contributed by atoms with Crippen molar-refractivity contribution >= 4 is 28.5 Å². The minimum absolute atomic E-state index is 0.105. The summed E-state index contributed by atoms with van der Waals surface area (Å²) in [5.41, 5.74) is 1.27. The van der Waals surface area contributed by atoms with E-state index in [1.165, 1.54) is 50.4 Å². The van der Waals surface area contributed by atoms with Crippen LogP contribution >= 0.6 is 11.9 Å². The summed E-state index contributed by atoms with van der Waals surface area (Å²) in [7, 11) is 1.61. The van der Waals surface area contributed by atoms with Gasteiger partial charge in [-0.2, -0.15) is 0 Å². The van der Waals surface area contributed by atoms with Gasteiger partial charge < -0.3 is 28.6 Å². The second kappa shape index (κ2) is 15.0. The lowest BCUT2D eigenvalue weighted by atomic mass is 10.1. The van der Waals surface area contributed by atoms with Crippen molar-refractivity contribution < 1.29 is 23.3 Å². The fourth-order valence-corrected chi connectivity index (χ4v) is 5.94. The Bertz CT molecular complexity index is 1720. The molecule has 0 atom stereocenters. The van der Waals surface area contributed by atoms with E-state index in [9.17, 15) is 0 Å². The molecule has 0 saturated carbocycles. The van der Waals surface area contributed by atoms with Crippen LogP contribution in [-0.4, -0.2) is 43.2 Å². The molecule has 45 heavy (non-hydrogen) atoms. The van der Waals surface area contributed by atoms with Crippen molar-refractivity contribution in [2.24, 2.45) is 0 Å². The third-order valence-corrected chi connectivity index (χ3v) is 8.36. The average Bonchev–Trinajstić information content (AvgIpc) is 3.08. The van der Waals surface area contributed by atoms with E-state index in [2.05, 4.69) is 14.6 Å². The van der Waals surface area contributed by atoms with E-state index in [4.69, 9.17) is 18.9 Å². The Labute approximate surface area is 267 Å². The van der Waals surface area contributed by atoms with Crippen molar-refractivity contribution in [2.45, 2.75) is 30.6 Å². The molecule has 5 aromatic rings. The quantitative estimate of drug-likeness (QED) is 0.103. The topological polar surface area (TPSA) is 65.1 Å². The number of pyridine rings is 1. The second-order valence-corrected chi connectivity index (χ2v) is 11.7. The van der Waals surface area contributed by atoms with E-state index in [1.807, 2.05) is 66.7 Å². The van der Waals surface area contributed by atoms with Gasteiger partial charge in [0.2, 0.25) is 0 Å². The molecule has 0 spiro atoms. The van der Waals surface area contributed by atoms with Crippen LogP contribution in [0.3, 0.4) is 0 Å². The van der Waals surface area contributed by atoms with Crippen molar-refractivity contribution in [3.63, 3.8) is 0 Å². The van der Waals surface area contributed by atoms with Crippen LogP contribution in [0.25, 0.3) is 10.9 Å². The standard InChI is InChI=1S/C36H36FN3O4S/c1-41-35-24-30-32(25-36(35)42-21-9-20-40-18-6-3-7-19-40)38-17-16-33(30)44-34-15-14-26(22-31(34)37)39-45-29-13-8-12-28(23-29)43-27-10-4-2-5-11-27/h2,4-5,8,10-17,22-25,39H,3,6-7,9,18-21H2,1H3. The lowest BCUT2D eigenvalue weighted by molar-refractivity contribution is 0.203. The molecule has 1 aliphatic heterocycles. The zero-order chi connectivity index (χ0) is 30.8. The molecular formula is C36H36FN3O4S. The van der Waals surface area contributed by atoms with Crippen LogP contribution in [0, 0.1) is 5.82 Å². The van der Waals surface area contributed by atoms with Crippen LogP contribution in [0.15, 0.2) is 102 Å². The van der Waals surface area contributed by atoms with Crippen molar-refractivity contribution in [3.05, 3.63) is 103 Å². The summed E-state index contributed by atoms with van der Waals surface area (Å²) in [5.74, 6) is 2.77. The molecule has 0 amide bonds. The van der Waals surface area contributed by atoms with Gasteiger partial charge in [0, 0.05) is 40.8 Å². The zero-order valence-corrected chi connectivity index (χ0v) is 26.0. The van der Waals surface area contributed by atoms with E-state index in [-0.39, 0.29) is 5.75 Å². The lowest BCUT2D eigenvalue weighted by Gasteiger charge is -2.26. The molecule has 2 heterocycles. The zero-order valence-electron chi connectivity index (χ0n) is 25.2.